The third-order valence-electron chi connectivity index (χ3n) is 5.21. The molecule has 34 heavy (non-hydrogen) atoms. The first kappa shape index (κ1) is 23.3. The molecular formula is C24H15Cl2N3O5. The highest BCUT2D eigenvalue weighted by Gasteiger charge is 2.43. The quantitative estimate of drug-likeness (QED) is 0.205. The zero-order valence-electron chi connectivity index (χ0n) is 17.5. The van der Waals surface area contributed by atoms with Gasteiger partial charge in [-0.15, -0.1) is 0 Å². The number of rotatable bonds is 5. The van der Waals surface area contributed by atoms with E-state index >= 15 is 0 Å². The molecule has 3 aromatic carbocycles. The number of ketones is 2. The van der Waals surface area contributed by atoms with Crippen molar-refractivity contribution < 1.29 is 19.6 Å². The van der Waals surface area contributed by atoms with Crippen molar-refractivity contribution in [2.45, 2.75) is 6.92 Å². The van der Waals surface area contributed by atoms with E-state index in [1.165, 1.54) is 37.4 Å². The molecule has 0 bridgehead atoms. The summed E-state index contributed by atoms with van der Waals surface area (Å²) in [5, 5.41) is 21.9. The lowest BCUT2D eigenvalue weighted by atomic mass is 9.99. The average molecular weight is 496 g/mol. The number of hydrogen-bond donors (Lipinski definition) is 1. The first-order valence-corrected chi connectivity index (χ1v) is 10.7. The van der Waals surface area contributed by atoms with Crippen LogP contribution in [0.15, 0.2) is 64.6 Å². The second kappa shape index (κ2) is 9.17. The molecular weight excluding hydrogens is 481 g/mol. The number of phenolic OH excluding ortho intramolecular Hbond substituents is 1. The number of nitrogens with zero attached hydrogens (tertiary/aromatic N) is 3. The molecule has 1 aliphatic carbocycles. The third kappa shape index (κ3) is 4.33. The summed E-state index contributed by atoms with van der Waals surface area (Å²) in [4.78, 5) is 44.6. The molecule has 8 nitrogen and oxygen atoms in total. The van der Waals surface area contributed by atoms with Crippen LogP contribution in [-0.2, 0) is 4.79 Å². The van der Waals surface area contributed by atoms with Crippen LogP contribution in [0, 0.1) is 16.0 Å². The van der Waals surface area contributed by atoms with Crippen LogP contribution in [0.3, 0.4) is 0 Å². The molecule has 10 heteroatoms. The van der Waals surface area contributed by atoms with Crippen molar-refractivity contribution in [3.05, 3.63) is 91.4 Å². The normalized spacial score (nSPS) is 16.3. The van der Waals surface area contributed by atoms with E-state index in [0.29, 0.717) is 22.0 Å². The van der Waals surface area contributed by atoms with E-state index in [0.717, 1.165) is 0 Å². The van der Waals surface area contributed by atoms with Gasteiger partial charge >= 0.3 is 0 Å². The zero-order valence-corrected chi connectivity index (χ0v) is 19.0. The minimum Gasteiger partial charge on any atom is -0.506 e. The Labute approximate surface area is 203 Å². The number of hydrogen-bond acceptors (Lipinski definition) is 7. The smallest absolute Gasteiger partial charge is 0.280 e. The fourth-order valence-electron chi connectivity index (χ4n) is 3.67. The summed E-state index contributed by atoms with van der Waals surface area (Å²) >= 11 is 11.9. The lowest BCUT2D eigenvalue weighted by Crippen LogP contribution is -2.23. The van der Waals surface area contributed by atoms with Crippen LogP contribution in [-0.4, -0.2) is 33.5 Å². The van der Waals surface area contributed by atoms with Crippen LogP contribution < -0.4 is 0 Å². The van der Waals surface area contributed by atoms with E-state index in [4.69, 9.17) is 23.2 Å². The molecule has 0 spiro atoms. The maximum Gasteiger partial charge on any atom is 0.280 e. The fraction of sp³-hybridized carbons (Fsp3) is 0.0833. The number of nitro groups is 1. The van der Waals surface area contributed by atoms with E-state index < -0.39 is 22.4 Å². The Hall–Kier alpha value is -3.88. The number of carbonyl (C=O) groups is 2. The predicted octanol–water partition coefficient (Wildman–Crippen LogP) is 5.88. The number of benzene rings is 3. The molecule has 0 amide bonds. The lowest BCUT2D eigenvalue weighted by molar-refractivity contribution is -0.385. The van der Waals surface area contributed by atoms with E-state index in [1.54, 1.807) is 30.3 Å². The molecule has 1 aliphatic rings. The minimum atomic E-state index is -1.20. The maximum absolute atomic E-state index is 12.8. The number of halogens is 2. The molecule has 1 atom stereocenters. The van der Waals surface area contributed by atoms with Gasteiger partial charge in [0.15, 0.2) is 5.78 Å². The lowest BCUT2D eigenvalue weighted by Gasteiger charge is -2.06. The Morgan fingerprint density at radius 3 is 2.44 bits per heavy atom. The molecule has 0 aromatic heterocycles. The molecule has 0 radical (unpaired) electrons. The number of aliphatic imine (C=N–C) groups is 2. The van der Waals surface area contributed by atoms with Crippen molar-refractivity contribution in [3.8, 4) is 5.75 Å². The van der Waals surface area contributed by atoms with Gasteiger partial charge in [0, 0.05) is 28.4 Å². The SMILES string of the molecule is CC(=O)C1C(=O)c2c(cccc2[N+](=O)[O-])C1=Nc1ccc(N=Cc2cc(Cl)cc(Cl)c2O)cc1. The Morgan fingerprint density at radius 1 is 1.12 bits per heavy atom. The zero-order chi connectivity index (χ0) is 24.6. The Morgan fingerprint density at radius 2 is 1.79 bits per heavy atom. The van der Waals surface area contributed by atoms with Gasteiger partial charge in [-0.3, -0.25) is 29.7 Å². The summed E-state index contributed by atoms with van der Waals surface area (Å²) in [5.41, 5.74) is 1.29. The van der Waals surface area contributed by atoms with E-state index in [-0.39, 0.29) is 33.3 Å². The summed E-state index contributed by atoms with van der Waals surface area (Å²) in [6.07, 6.45) is 1.41. The van der Waals surface area contributed by atoms with Crippen LogP contribution >= 0.6 is 23.2 Å². The van der Waals surface area contributed by atoms with Crippen molar-refractivity contribution in [3.63, 3.8) is 0 Å². The molecule has 0 saturated heterocycles. The molecule has 0 heterocycles. The summed E-state index contributed by atoms with van der Waals surface area (Å²) in [6.45, 7) is 1.26. The minimum absolute atomic E-state index is 0.103. The molecule has 1 unspecified atom stereocenters. The second-order valence-corrected chi connectivity index (χ2v) is 8.31. The fourth-order valence-corrected chi connectivity index (χ4v) is 4.18. The van der Waals surface area contributed by atoms with Gasteiger partial charge in [-0.05, 0) is 43.3 Å². The van der Waals surface area contributed by atoms with Gasteiger partial charge < -0.3 is 5.11 Å². The Kier molecular flexibility index (Phi) is 6.28. The highest BCUT2D eigenvalue weighted by molar-refractivity contribution is 6.38. The Bertz CT molecular complexity index is 1410. The highest BCUT2D eigenvalue weighted by atomic mass is 35.5. The number of carbonyl (C=O) groups excluding carboxylic acids is 2. The molecule has 0 saturated carbocycles. The second-order valence-electron chi connectivity index (χ2n) is 7.46. The van der Waals surface area contributed by atoms with Crippen LogP contribution in [0.25, 0.3) is 0 Å². The van der Waals surface area contributed by atoms with Gasteiger partial charge in [0.1, 0.15) is 23.0 Å². The van der Waals surface area contributed by atoms with Gasteiger partial charge in [-0.2, -0.15) is 0 Å². The van der Waals surface area contributed by atoms with Gasteiger partial charge in [-0.25, -0.2) is 0 Å². The molecule has 4 rings (SSSR count). The molecule has 3 aromatic rings. The number of phenols is 1. The first-order chi connectivity index (χ1) is 16.2. The van der Waals surface area contributed by atoms with Gasteiger partial charge in [0.25, 0.3) is 5.69 Å². The Balaban J connectivity index is 1.69. The highest BCUT2D eigenvalue weighted by Crippen LogP contribution is 2.36. The predicted molar refractivity (Wildman–Crippen MR) is 130 cm³/mol. The van der Waals surface area contributed by atoms with Crippen LogP contribution in [0.4, 0.5) is 17.1 Å². The topological polar surface area (TPSA) is 122 Å². The molecule has 170 valence electrons. The van der Waals surface area contributed by atoms with Crippen molar-refractivity contribution in [2.24, 2.45) is 15.9 Å². The summed E-state index contributed by atoms with van der Waals surface area (Å²) in [5.74, 6) is -2.43. The summed E-state index contributed by atoms with van der Waals surface area (Å²) in [7, 11) is 0. The average Bonchev–Trinajstić information content (AvgIpc) is 3.07. The third-order valence-corrected chi connectivity index (χ3v) is 5.72. The van der Waals surface area contributed by atoms with Crippen LogP contribution in [0.1, 0.15) is 28.4 Å². The van der Waals surface area contributed by atoms with Crippen LogP contribution in [0.5, 0.6) is 5.75 Å². The van der Waals surface area contributed by atoms with Crippen LogP contribution in [0.2, 0.25) is 10.0 Å². The number of Topliss-reactive ketones (excluding diaryl/α,β-unsaturated/α-hetero) is 2. The largest absolute Gasteiger partial charge is 0.506 e. The van der Waals surface area contributed by atoms with Crippen molar-refractivity contribution >= 4 is 63.8 Å². The molecule has 0 aliphatic heterocycles. The summed E-state index contributed by atoms with van der Waals surface area (Å²) in [6, 6.07) is 13.7. The number of fused-ring (bicyclic) bond motifs is 1. The first-order valence-electron chi connectivity index (χ1n) is 9.90. The van der Waals surface area contributed by atoms with Gasteiger partial charge in [0.05, 0.1) is 27.0 Å². The maximum atomic E-state index is 12.8. The number of aromatic hydroxyl groups is 1. The molecule has 1 N–H and O–H groups in total. The monoisotopic (exact) mass is 495 g/mol. The van der Waals surface area contributed by atoms with E-state index in [1.807, 2.05) is 0 Å². The van der Waals surface area contributed by atoms with Crippen molar-refractivity contribution in [2.75, 3.05) is 0 Å². The standard InChI is InChI=1S/C24H15Cl2N3O5/c1-12(30)20-22(17-3-2-4-19(29(33)34)21(17)24(20)32)28-16-7-5-15(6-8-16)27-11-13-9-14(25)10-18(26)23(13)31/h2-11,20,31H,1H3. The molecule has 0 fully saturated rings. The number of nitro benzene ring substituents is 1. The van der Waals surface area contributed by atoms with Crippen molar-refractivity contribution in [1.82, 2.24) is 0 Å². The van der Waals surface area contributed by atoms with E-state index in [9.17, 15) is 24.8 Å². The van der Waals surface area contributed by atoms with Gasteiger partial charge in [0.2, 0.25) is 0 Å². The van der Waals surface area contributed by atoms with E-state index in [2.05, 4.69) is 9.98 Å². The van der Waals surface area contributed by atoms with Crippen molar-refractivity contribution in [1.29, 1.82) is 0 Å². The summed E-state index contributed by atoms with van der Waals surface area (Å²) < 4.78 is 0. The van der Waals surface area contributed by atoms with Gasteiger partial charge in [-0.1, -0.05) is 35.3 Å².